The van der Waals surface area contributed by atoms with E-state index in [1.54, 1.807) is 36.0 Å². The fraction of sp³-hybridized carbons (Fsp3) is 0.357. The second-order valence-electron chi connectivity index (χ2n) is 4.49. The predicted molar refractivity (Wildman–Crippen MR) is 90.6 cm³/mol. The van der Waals surface area contributed by atoms with Crippen LogP contribution in [0.25, 0.3) is 0 Å². The standard InChI is InChI=1S/C14H18BrN3O3S/c1-22-7-6-11(13(16)20)18-12(19)8-17-14(21)9-2-4-10(15)5-3-9/h2-5,11H,6-8H2,1H3,(H2,16,20)(H,17,21)(H,18,19)/t11-/m0/s1. The van der Waals surface area contributed by atoms with E-state index in [0.29, 0.717) is 17.7 Å². The molecule has 0 aliphatic rings. The van der Waals surface area contributed by atoms with Gasteiger partial charge in [-0.1, -0.05) is 15.9 Å². The van der Waals surface area contributed by atoms with Crippen LogP contribution in [-0.2, 0) is 9.59 Å². The molecule has 0 aromatic heterocycles. The van der Waals surface area contributed by atoms with Crippen molar-refractivity contribution < 1.29 is 14.4 Å². The van der Waals surface area contributed by atoms with E-state index in [2.05, 4.69) is 26.6 Å². The highest BCUT2D eigenvalue weighted by Gasteiger charge is 2.17. The summed E-state index contributed by atoms with van der Waals surface area (Å²) in [7, 11) is 0. The van der Waals surface area contributed by atoms with E-state index in [9.17, 15) is 14.4 Å². The topological polar surface area (TPSA) is 101 Å². The van der Waals surface area contributed by atoms with E-state index in [0.717, 1.165) is 4.47 Å². The Morgan fingerprint density at radius 2 is 1.91 bits per heavy atom. The monoisotopic (exact) mass is 387 g/mol. The van der Waals surface area contributed by atoms with Gasteiger partial charge in [0.1, 0.15) is 6.04 Å². The van der Waals surface area contributed by atoms with Crippen molar-refractivity contribution in [3.05, 3.63) is 34.3 Å². The predicted octanol–water partition coefficient (Wildman–Crippen LogP) is 0.902. The first-order valence-corrected chi connectivity index (χ1v) is 8.74. The Hall–Kier alpha value is -1.54. The van der Waals surface area contributed by atoms with Crippen LogP contribution in [0.5, 0.6) is 0 Å². The Labute approximate surface area is 141 Å². The van der Waals surface area contributed by atoms with Crippen LogP contribution in [0, 0.1) is 0 Å². The zero-order valence-electron chi connectivity index (χ0n) is 12.1. The van der Waals surface area contributed by atoms with Crippen molar-refractivity contribution in [1.82, 2.24) is 10.6 Å². The molecular weight excluding hydrogens is 370 g/mol. The lowest BCUT2D eigenvalue weighted by Gasteiger charge is -2.15. The lowest BCUT2D eigenvalue weighted by molar-refractivity contribution is -0.126. The van der Waals surface area contributed by atoms with Gasteiger partial charge in [0.05, 0.1) is 6.54 Å². The van der Waals surface area contributed by atoms with Crippen molar-refractivity contribution in [3.8, 4) is 0 Å². The Morgan fingerprint density at radius 3 is 2.45 bits per heavy atom. The van der Waals surface area contributed by atoms with Crippen molar-refractivity contribution in [2.45, 2.75) is 12.5 Å². The highest BCUT2D eigenvalue weighted by atomic mass is 79.9. The third-order valence-corrected chi connectivity index (χ3v) is 3.98. The summed E-state index contributed by atoms with van der Waals surface area (Å²) < 4.78 is 0.861. The van der Waals surface area contributed by atoms with Gasteiger partial charge in [-0.15, -0.1) is 0 Å². The number of primary amides is 1. The van der Waals surface area contributed by atoms with Gasteiger partial charge in [-0.05, 0) is 42.7 Å². The summed E-state index contributed by atoms with van der Waals surface area (Å²) in [5, 5.41) is 5.01. The van der Waals surface area contributed by atoms with Crippen molar-refractivity contribution in [1.29, 1.82) is 0 Å². The minimum atomic E-state index is -0.718. The van der Waals surface area contributed by atoms with Gasteiger partial charge < -0.3 is 16.4 Å². The average Bonchev–Trinajstić information content (AvgIpc) is 2.49. The summed E-state index contributed by atoms with van der Waals surface area (Å²) in [6.07, 6.45) is 2.36. The molecule has 1 aromatic rings. The first-order chi connectivity index (χ1) is 10.4. The smallest absolute Gasteiger partial charge is 0.251 e. The molecule has 1 rings (SSSR count). The molecule has 8 heteroatoms. The van der Waals surface area contributed by atoms with E-state index in [-0.39, 0.29) is 12.5 Å². The molecule has 1 aromatic carbocycles. The maximum absolute atomic E-state index is 11.9. The molecule has 0 fully saturated rings. The lowest BCUT2D eigenvalue weighted by atomic mass is 10.2. The van der Waals surface area contributed by atoms with E-state index < -0.39 is 17.9 Å². The number of halogens is 1. The molecule has 22 heavy (non-hydrogen) atoms. The molecular formula is C14H18BrN3O3S. The first kappa shape index (κ1) is 18.5. The second-order valence-corrected chi connectivity index (χ2v) is 6.39. The number of rotatable bonds is 8. The van der Waals surface area contributed by atoms with Crippen LogP contribution < -0.4 is 16.4 Å². The molecule has 0 aliphatic heterocycles. The van der Waals surface area contributed by atoms with Crippen LogP contribution in [0.1, 0.15) is 16.8 Å². The molecule has 120 valence electrons. The molecule has 0 unspecified atom stereocenters. The third kappa shape index (κ3) is 6.48. The second kappa shape index (κ2) is 9.47. The van der Waals surface area contributed by atoms with E-state index in [1.165, 1.54) is 0 Å². The normalized spacial score (nSPS) is 11.5. The summed E-state index contributed by atoms with van der Waals surface area (Å²) in [6, 6.07) is 6.04. The minimum Gasteiger partial charge on any atom is -0.368 e. The number of amides is 3. The average molecular weight is 388 g/mol. The maximum Gasteiger partial charge on any atom is 0.251 e. The highest BCUT2D eigenvalue weighted by Crippen LogP contribution is 2.10. The van der Waals surface area contributed by atoms with E-state index in [4.69, 9.17) is 5.73 Å². The third-order valence-electron chi connectivity index (χ3n) is 2.81. The molecule has 4 N–H and O–H groups in total. The fourth-order valence-electron chi connectivity index (χ4n) is 1.63. The van der Waals surface area contributed by atoms with Crippen LogP contribution in [-0.4, -0.2) is 42.3 Å². The number of hydrogen-bond donors (Lipinski definition) is 3. The fourth-order valence-corrected chi connectivity index (χ4v) is 2.37. The van der Waals surface area contributed by atoms with Crippen LogP contribution in [0.2, 0.25) is 0 Å². The van der Waals surface area contributed by atoms with E-state index >= 15 is 0 Å². The molecule has 0 saturated carbocycles. The number of benzene rings is 1. The SMILES string of the molecule is CSCC[C@H](NC(=O)CNC(=O)c1ccc(Br)cc1)C(N)=O. The van der Waals surface area contributed by atoms with Crippen molar-refractivity contribution >= 4 is 45.4 Å². The largest absolute Gasteiger partial charge is 0.368 e. The van der Waals surface area contributed by atoms with E-state index in [1.807, 2.05) is 6.26 Å². The molecule has 1 atom stereocenters. The van der Waals surface area contributed by atoms with Gasteiger partial charge in [-0.3, -0.25) is 14.4 Å². The lowest BCUT2D eigenvalue weighted by Crippen LogP contribution is -2.48. The number of thioether (sulfide) groups is 1. The Morgan fingerprint density at radius 1 is 1.27 bits per heavy atom. The van der Waals surface area contributed by atoms with Gasteiger partial charge >= 0.3 is 0 Å². The number of nitrogens with two attached hydrogens (primary N) is 1. The molecule has 0 radical (unpaired) electrons. The molecule has 0 aliphatic carbocycles. The van der Waals surface area contributed by atoms with Gasteiger partial charge in [0.2, 0.25) is 11.8 Å². The zero-order chi connectivity index (χ0) is 16.5. The molecule has 0 saturated heterocycles. The summed E-state index contributed by atoms with van der Waals surface area (Å²) in [6.45, 7) is -0.210. The van der Waals surface area contributed by atoms with Gasteiger partial charge in [0.15, 0.2) is 0 Å². The van der Waals surface area contributed by atoms with Gasteiger partial charge in [-0.2, -0.15) is 11.8 Å². The van der Waals surface area contributed by atoms with Gasteiger partial charge in [0.25, 0.3) is 5.91 Å². The minimum absolute atomic E-state index is 0.210. The van der Waals surface area contributed by atoms with Gasteiger partial charge in [-0.25, -0.2) is 0 Å². The van der Waals surface area contributed by atoms with Crippen LogP contribution >= 0.6 is 27.7 Å². The summed E-state index contributed by atoms with van der Waals surface area (Å²) in [5.41, 5.74) is 5.68. The summed E-state index contributed by atoms with van der Waals surface area (Å²) in [4.78, 5) is 34.9. The number of hydrogen-bond acceptors (Lipinski definition) is 4. The summed E-state index contributed by atoms with van der Waals surface area (Å²) >= 11 is 4.84. The highest BCUT2D eigenvalue weighted by molar-refractivity contribution is 9.10. The van der Waals surface area contributed by atoms with Crippen molar-refractivity contribution in [2.24, 2.45) is 5.73 Å². The summed E-state index contributed by atoms with van der Waals surface area (Å²) in [5.74, 6) is -0.682. The molecule has 0 bridgehead atoms. The quantitative estimate of drug-likeness (QED) is 0.616. The van der Waals surface area contributed by atoms with Crippen molar-refractivity contribution in [2.75, 3.05) is 18.6 Å². The number of carbonyl (C=O) groups is 3. The molecule has 3 amide bonds. The molecule has 0 spiro atoms. The van der Waals surface area contributed by atoms with Crippen LogP contribution in [0.4, 0.5) is 0 Å². The Balaban J connectivity index is 2.45. The van der Waals surface area contributed by atoms with Crippen molar-refractivity contribution in [3.63, 3.8) is 0 Å². The Bertz CT molecular complexity index is 537. The number of nitrogens with one attached hydrogen (secondary N) is 2. The number of carbonyl (C=O) groups excluding carboxylic acids is 3. The zero-order valence-corrected chi connectivity index (χ0v) is 14.5. The first-order valence-electron chi connectivity index (χ1n) is 6.55. The van der Waals surface area contributed by atoms with Gasteiger partial charge in [0, 0.05) is 10.0 Å². The van der Waals surface area contributed by atoms with Crippen LogP contribution in [0.3, 0.4) is 0 Å². The molecule has 6 nitrogen and oxygen atoms in total. The molecule has 0 heterocycles. The maximum atomic E-state index is 11.9. The Kier molecular flexibility index (Phi) is 7.97. The van der Waals surface area contributed by atoms with Crippen LogP contribution in [0.15, 0.2) is 28.7 Å².